The highest BCUT2D eigenvalue weighted by atomic mass is 16.4. The minimum Gasteiger partial charge on any atom is -0.481 e. The maximum absolute atomic E-state index is 9.45. The van der Waals surface area contributed by atoms with Crippen LogP contribution in [-0.2, 0) is 19.2 Å². The van der Waals surface area contributed by atoms with Crippen LogP contribution < -0.4 is 0 Å². The highest BCUT2D eigenvalue weighted by Crippen LogP contribution is 1.74. The number of carboxylic acid groups (broad SMARTS) is 4. The molecule has 0 aromatic carbocycles. The van der Waals surface area contributed by atoms with Crippen molar-refractivity contribution in [3.63, 3.8) is 0 Å². The lowest BCUT2D eigenvalue weighted by molar-refractivity contribution is -0.147. The maximum atomic E-state index is 9.45. The molecule has 1 atom stereocenters. The van der Waals surface area contributed by atoms with Crippen LogP contribution in [0.25, 0.3) is 0 Å². The van der Waals surface area contributed by atoms with Crippen molar-refractivity contribution in [2.75, 3.05) is 0 Å². The Morgan fingerprint density at radius 2 is 1.11 bits per heavy atom. The van der Waals surface area contributed by atoms with Crippen molar-refractivity contribution in [3.05, 3.63) is 0 Å². The second-order valence-corrected chi connectivity index (χ2v) is 2.73. The smallest absolute Gasteiger partial charge is 0.332 e. The number of aliphatic carboxylic acids is 4. The van der Waals surface area contributed by atoms with Crippen LogP contribution in [0.4, 0.5) is 0 Å². The van der Waals surface area contributed by atoms with Gasteiger partial charge in [0.25, 0.3) is 0 Å². The van der Waals surface area contributed by atoms with Crippen molar-refractivity contribution >= 4 is 23.9 Å². The molecule has 0 aliphatic rings. The van der Waals surface area contributed by atoms with E-state index in [1.807, 2.05) is 0 Å². The number of hydrogen-bond acceptors (Lipinski definition) is 5. The van der Waals surface area contributed by atoms with Crippen LogP contribution in [-0.4, -0.2) is 55.5 Å². The molecular formula is C9H16O9. The summed E-state index contributed by atoms with van der Waals surface area (Å²) in [5.41, 5.74) is 0. The molecule has 0 amide bonds. The van der Waals surface area contributed by atoms with E-state index in [1.165, 1.54) is 6.92 Å². The second kappa shape index (κ2) is 12.9. The molecule has 0 aliphatic heterocycles. The molecule has 0 aromatic heterocycles. The molecule has 0 saturated carbocycles. The van der Waals surface area contributed by atoms with E-state index < -0.39 is 36.4 Å². The molecular weight excluding hydrogens is 252 g/mol. The molecule has 0 fully saturated rings. The van der Waals surface area contributed by atoms with Crippen LogP contribution in [0.3, 0.4) is 0 Å². The summed E-state index contributed by atoms with van der Waals surface area (Å²) in [5, 5.41) is 38.9. The Hall–Kier alpha value is -2.16. The minimum absolute atomic E-state index is 0.222. The van der Waals surface area contributed by atoms with Gasteiger partial charge in [0.15, 0.2) is 0 Å². The summed E-state index contributed by atoms with van der Waals surface area (Å²) in [7, 11) is 0. The van der Waals surface area contributed by atoms with Gasteiger partial charge in [-0.3, -0.25) is 14.4 Å². The third-order valence-corrected chi connectivity index (χ3v) is 0.962. The van der Waals surface area contributed by atoms with Gasteiger partial charge in [-0.1, -0.05) is 6.92 Å². The van der Waals surface area contributed by atoms with Crippen molar-refractivity contribution < 1.29 is 44.7 Å². The highest BCUT2D eigenvalue weighted by Gasteiger charge is 2.02. The zero-order chi connectivity index (χ0) is 15.3. The summed E-state index contributed by atoms with van der Waals surface area (Å²) in [5.74, 6) is -4.56. The van der Waals surface area contributed by atoms with E-state index >= 15 is 0 Å². The van der Waals surface area contributed by atoms with Crippen molar-refractivity contribution in [2.45, 2.75) is 32.8 Å². The lowest BCUT2D eigenvalue weighted by atomic mass is 10.4. The van der Waals surface area contributed by atoms with Gasteiger partial charge in [0.05, 0.1) is 0 Å². The average Bonchev–Trinajstić information content (AvgIpc) is 2.17. The Bertz CT molecular complexity index is 270. The lowest BCUT2D eigenvalue weighted by Gasteiger charge is -1.89. The molecule has 0 aliphatic carbocycles. The predicted molar refractivity (Wildman–Crippen MR) is 57.1 cm³/mol. The fraction of sp³-hybridized carbons (Fsp3) is 0.556. The van der Waals surface area contributed by atoms with Gasteiger partial charge in [-0.25, -0.2) is 4.79 Å². The first kappa shape index (κ1) is 21.2. The Kier molecular flexibility index (Phi) is 15.2. The number of hydrogen-bond donors (Lipinski definition) is 5. The Morgan fingerprint density at radius 1 is 0.889 bits per heavy atom. The number of carboxylic acids is 4. The molecule has 0 saturated heterocycles. The fourth-order valence-corrected chi connectivity index (χ4v) is 0.129. The van der Waals surface area contributed by atoms with E-state index in [-0.39, 0.29) is 6.42 Å². The number of carbonyl (C=O) groups is 4. The molecule has 5 N–H and O–H groups in total. The van der Waals surface area contributed by atoms with Gasteiger partial charge in [-0.05, 0) is 6.92 Å². The van der Waals surface area contributed by atoms with Crippen LogP contribution >= 0.6 is 0 Å². The standard InChI is InChI=1S/C3H4O4.C3H6O3.C3H6O2/c4-2(5)1-3(6)7;1-2(4)3(5)6;1-2-3(4)5/h1H2,(H,4,5)(H,6,7);2,4H,1H3,(H,5,6);2H2,1H3,(H,4,5). The quantitative estimate of drug-likeness (QED) is 0.421. The van der Waals surface area contributed by atoms with Crippen LogP contribution in [0.2, 0.25) is 0 Å². The predicted octanol–water partition coefficient (Wildman–Crippen LogP) is -0.521. The van der Waals surface area contributed by atoms with Crippen LogP contribution in [0.15, 0.2) is 0 Å². The van der Waals surface area contributed by atoms with Gasteiger partial charge in [-0.2, -0.15) is 0 Å². The van der Waals surface area contributed by atoms with Crippen molar-refractivity contribution in [2.24, 2.45) is 0 Å². The average molecular weight is 268 g/mol. The molecule has 0 radical (unpaired) electrons. The summed E-state index contributed by atoms with van der Waals surface area (Å²) in [6, 6.07) is 0. The summed E-state index contributed by atoms with van der Waals surface area (Å²) >= 11 is 0. The van der Waals surface area contributed by atoms with Gasteiger partial charge in [0, 0.05) is 6.42 Å². The Balaban J connectivity index is -0.000000190. The SMILES string of the molecule is CC(O)C(=O)O.CCC(=O)O.O=C(O)CC(=O)O. The molecule has 1 unspecified atom stereocenters. The zero-order valence-corrected chi connectivity index (χ0v) is 9.86. The Morgan fingerprint density at radius 3 is 1.11 bits per heavy atom. The van der Waals surface area contributed by atoms with E-state index in [0.717, 1.165) is 0 Å². The topological polar surface area (TPSA) is 169 Å². The van der Waals surface area contributed by atoms with Gasteiger partial charge < -0.3 is 25.5 Å². The molecule has 0 rings (SSSR count). The first-order chi connectivity index (χ1) is 8.04. The van der Waals surface area contributed by atoms with Crippen LogP contribution in [0.5, 0.6) is 0 Å². The monoisotopic (exact) mass is 268 g/mol. The molecule has 0 spiro atoms. The molecule has 0 aromatic rings. The first-order valence-corrected chi connectivity index (χ1v) is 4.60. The van der Waals surface area contributed by atoms with Crippen LogP contribution in [0.1, 0.15) is 26.7 Å². The van der Waals surface area contributed by atoms with Gasteiger partial charge in [0.1, 0.15) is 12.5 Å². The van der Waals surface area contributed by atoms with E-state index in [9.17, 15) is 19.2 Å². The summed E-state index contributed by atoms with van der Waals surface area (Å²) in [6.07, 6.45) is -1.81. The van der Waals surface area contributed by atoms with Crippen molar-refractivity contribution in [1.29, 1.82) is 0 Å². The number of rotatable bonds is 4. The van der Waals surface area contributed by atoms with Gasteiger partial charge in [0.2, 0.25) is 0 Å². The largest absolute Gasteiger partial charge is 0.481 e. The third kappa shape index (κ3) is 37.1. The normalized spacial score (nSPS) is 9.72. The molecule has 9 heteroatoms. The maximum Gasteiger partial charge on any atom is 0.332 e. The molecule has 0 heterocycles. The van der Waals surface area contributed by atoms with E-state index in [2.05, 4.69) is 0 Å². The van der Waals surface area contributed by atoms with E-state index in [1.54, 1.807) is 6.92 Å². The van der Waals surface area contributed by atoms with Crippen molar-refractivity contribution in [1.82, 2.24) is 0 Å². The fourth-order valence-electron chi connectivity index (χ4n) is 0.129. The lowest BCUT2D eigenvalue weighted by Crippen LogP contribution is -2.13. The Labute approximate surface area is 102 Å². The minimum atomic E-state index is -1.31. The number of aliphatic hydroxyl groups excluding tert-OH is 1. The first-order valence-electron chi connectivity index (χ1n) is 4.60. The summed E-state index contributed by atoms with van der Waals surface area (Å²) in [6.45, 7) is 2.80. The molecule has 0 bridgehead atoms. The molecule has 9 nitrogen and oxygen atoms in total. The third-order valence-electron chi connectivity index (χ3n) is 0.962. The zero-order valence-electron chi connectivity index (χ0n) is 9.86. The summed E-state index contributed by atoms with van der Waals surface area (Å²) < 4.78 is 0. The van der Waals surface area contributed by atoms with Crippen molar-refractivity contribution in [3.8, 4) is 0 Å². The molecule has 106 valence electrons. The second-order valence-electron chi connectivity index (χ2n) is 2.73. The summed E-state index contributed by atoms with van der Waals surface area (Å²) in [4.78, 5) is 37.7. The van der Waals surface area contributed by atoms with Gasteiger partial charge >= 0.3 is 23.9 Å². The number of aliphatic hydroxyl groups is 1. The van der Waals surface area contributed by atoms with E-state index in [0.29, 0.717) is 0 Å². The molecule has 18 heavy (non-hydrogen) atoms. The highest BCUT2D eigenvalue weighted by molar-refractivity contribution is 5.88. The van der Waals surface area contributed by atoms with Gasteiger partial charge in [-0.15, -0.1) is 0 Å². The van der Waals surface area contributed by atoms with Crippen LogP contribution in [0, 0.1) is 0 Å². The van der Waals surface area contributed by atoms with E-state index in [4.69, 9.17) is 25.5 Å².